The second kappa shape index (κ2) is 11.2. The van der Waals surface area contributed by atoms with Crippen molar-refractivity contribution >= 4 is 28.2 Å². The monoisotopic (exact) mass is 493 g/mol. The van der Waals surface area contributed by atoms with Gasteiger partial charge in [-0.1, -0.05) is 30.3 Å². The van der Waals surface area contributed by atoms with E-state index in [4.69, 9.17) is 9.15 Å². The topological polar surface area (TPSA) is 93.5 Å². The molecule has 0 spiro atoms. The van der Waals surface area contributed by atoms with Gasteiger partial charge in [0.05, 0.1) is 17.9 Å². The predicted molar refractivity (Wildman–Crippen MR) is 136 cm³/mol. The number of nitrogens with one attached hydrogen (secondary N) is 2. The number of nitrogens with zero attached hydrogens (tertiary/aromatic N) is 1. The van der Waals surface area contributed by atoms with Crippen LogP contribution in [0.2, 0.25) is 0 Å². The average molecular weight is 494 g/mol. The summed E-state index contributed by atoms with van der Waals surface area (Å²) in [5.41, 5.74) is 2.74. The number of ether oxygens (including phenoxy) is 1. The lowest BCUT2D eigenvalue weighted by molar-refractivity contribution is -0.116. The Morgan fingerprint density at radius 3 is 2.80 bits per heavy atom. The number of carbonyl (C=O) groups excluding carboxylic acids is 2. The lowest BCUT2D eigenvalue weighted by atomic mass is 9.95. The van der Waals surface area contributed by atoms with Gasteiger partial charge in [-0.15, -0.1) is 11.3 Å². The maximum absolute atomic E-state index is 13.1. The van der Waals surface area contributed by atoms with Gasteiger partial charge < -0.3 is 19.8 Å². The normalized spacial score (nSPS) is 17.2. The van der Waals surface area contributed by atoms with Crippen molar-refractivity contribution in [2.24, 2.45) is 0 Å². The number of oxazole rings is 1. The minimum absolute atomic E-state index is 0.0871. The van der Waals surface area contributed by atoms with Crippen LogP contribution >= 0.6 is 11.3 Å². The molecule has 184 valence electrons. The van der Waals surface area contributed by atoms with E-state index in [1.165, 1.54) is 4.88 Å². The zero-order chi connectivity index (χ0) is 24.0. The highest BCUT2D eigenvalue weighted by Gasteiger charge is 2.27. The smallest absolute Gasteiger partial charge is 0.254 e. The Morgan fingerprint density at radius 2 is 1.97 bits per heavy atom. The second-order valence-electron chi connectivity index (χ2n) is 9.15. The summed E-state index contributed by atoms with van der Waals surface area (Å²) >= 11 is 1.55. The van der Waals surface area contributed by atoms with Gasteiger partial charge in [0.1, 0.15) is 5.00 Å². The van der Waals surface area contributed by atoms with Crippen LogP contribution in [0.25, 0.3) is 11.3 Å². The first-order chi connectivity index (χ1) is 17.2. The number of thiophene rings is 1. The van der Waals surface area contributed by atoms with Gasteiger partial charge in [0.25, 0.3) is 5.91 Å². The summed E-state index contributed by atoms with van der Waals surface area (Å²) in [7, 11) is 0. The molecule has 1 fully saturated rings. The van der Waals surface area contributed by atoms with Crippen molar-refractivity contribution in [3.8, 4) is 11.3 Å². The summed E-state index contributed by atoms with van der Waals surface area (Å²) in [6, 6.07) is 9.84. The number of hydrogen-bond acceptors (Lipinski definition) is 6. The molecular weight excluding hydrogens is 462 g/mol. The number of hydrogen-bond donors (Lipinski definition) is 2. The minimum atomic E-state index is -0.108. The van der Waals surface area contributed by atoms with Crippen molar-refractivity contribution in [1.82, 2.24) is 10.3 Å². The van der Waals surface area contributed by atoms with Crippen molar-refractivity contribution in [3.05, 3.63) is 58.4 Å². The summed E-state index contributed by atoms with van der Waals surface area (Å²) in [4.78, 5) is 31.5. The molecular formula is C27H31N3O4S. The molecule has 2 amide bonds. The fourth-order valence-corrected chi connectivity index (χ4v) is 6.05. The Balaban J connectivity index is 1.18. The fourth-order valence-electron chi connectivity index (χ4n) is 4.75. The number of benzene rings is 1. The predicted octanol–water partition coefficient (Wildman–Crippen LogP) is 5.15. The molecule has 2 aromatic heterocycles. The third kappa shape index (κ3) is 5.82. The number of amides is 2. The largest absolute Gasteiger partial charge is 0.441 e. The van der Waals surface area contributed by atoms with Crippen molar-refractivity contribution in [2.45, 2.75) is 63.9 Å². The molecule has 1 saturated heterocycles. The summed E-state index contributed by atoms with van der Waals surface area (Å²) < 4.78 is 11.5. The molecule has 1 unspecified atom stereocenters. The van der Waals surface area contributed by atoms with E-state index in [0.717, 1.165) is 62.0 Å². The number of fused-ring (bicyclic) bond motifs is 1. The molecule has 5 rings (SSSR count). The standard InChI is InChI=1S/C27H31N3O4S/c31-23(13-6-14-24-28-17-21(34-24)18-8-2-1-3-9-18)30-27-25(20-11-4-5-12-22(20)35-27)26(32)29-16-19-10-7-15-33-19/h1-3,8-9,17,19H,4-7,10-16H2,(H,29,32)(H,30,31). The summed E-state index contributed by atoms with van der Waals surface area (Å²) in [5.74, 6) is 1.15. The van der Waals surface area contributed by atoms with Crippen molar-refractivity contribution in [3.63, 3.8) is 0 Å². The van der Waals surface area contributed by atoms with Crippen molar-refractivity contribution in [2.75, 3.05) is 18.5 Å². The molecule has 8 heteroatoms. The van der Waals surface area contributed by atoms with E-state index in [0.29, 0.717) is 42.3 Å². The Kier molecular flexibility index (Phi) is 7.59. The Hall–Kier alpha value is -2.97. The van der Waals surface area contributed by atoms with Crippen LogP contribution in [-0.2, 0) is 28.8 Å². The van der Waals surface area contributed by atoms with E-state index in [1.54, 1.807) is 17.5 Å². The zero-order valence-electron chi connectivity index (χ0n) is 19.8. The van der Waals surface area contributed by atoms with E-state index in [1.807, 2.05) is 30.3 Å². The lowest BCUT2D eigenvalue weighted by Gasteiger charge is -2.15. The van der Waals surface area contributed by atoms with Crippen molar-refractivity contribution < 1.29 is 18.7 Å². The molecule has 3 aromatic rings. The molecule has 0 radical (unpaired) electrons. The van der Waals surface area contributed by atoms with E-state index in [2.05, 4.69) is 15.6 Å². The van der Waals surface area contributed by atoms with Crippen LogP contribution < -0.4 is 10.6 Å². The quantitative estimate of drug-likeness (QED) is 0.430. The van der Waals surface area contributed by atoms with Gasteiger partial charge in [0.15, 0.2) is 11.7 Å². The SMILES string of the molecule is O=C(CCCc1ncc(-c2ccccc2)o1)Nc1sc2c(c1C(=O)NCC1CCCO1)CCCC2. The van der Waals surface area contributed by atoms with Gasteiger partial charge in [-0.2, -0.15) is 0 Å². The molecule has 0 bridgehead atoms. The first-order valence-electron chi connectivity index (χ1n) is 12.5. The summed E-state index contributed by atoms with van der Waals surface area (Å²) in [6.07, 6.45) is 9.41. The summed E-state index contributed by atoms with van der Waals surface area (Å²) in [5, 5.41) is 6.75. The molecule has 7 nitrogen and oxygen atoms in total. The number of rotatable bonds is 9. The van der Waals surface area contributed by atoms with Crippen molar-refractivity contribution in [1.29, 1.82) is 0 Å². The first-order valence-corrected chi connectivity index (χ1v) is 13.3. The molecule has 1 aliphatic heterocycles. The fraction of sp³-hybridized carbons (Fsp3) is 0.444. The zero-order valence-corrected chi connectivity index (χ0v) is 20.6. The highest BCUT2D eigenvalue weighted by molar-refractivity contribution is 7.17. The Morgan fingerprint density at radius 1 is 1.11 bits per heavy atom. The molecule has 1 aromatic carbocycles. The number of carbonyl (C=O) groups is 2. The second-order valence-corrected chi connectivity index (χ2v) is 10.3. The molecule has 2 N–H and O–H groups in total. The first kappa shape index (κ1) is 23.8. The number of aromatic nitrogens is 1. The van der Waals surface area contributed by atoms with Gasteiger partial charge in [0, 0.05) is 36.4 Å². The lowest BCUT2D eigenvalue weighted by Crippen LogP contribution is -2.32. The third-order valence-electron chi connectivity index (χ3n) is 6.57. The van der Waals surface area contributed by atoms with Gasteiger partial charge in [-0.05, 0) is 50.5 Å². The molecule has 1 aliphatic carbocycles. The number of anilines is 1. The van der Waals surface area contributed by atoms with Gasteiger partial charge >= 0.3 is 0 Å². The third-order valence-corrected chi connectivity index (χ3v) is 7.78. The van der Waals surface area contributed by atoms with Crippen LogP contribution in [0.5, 0.6) is 0 Å². The van der Waals surface area contributed by atoms with Crippen LogP contribution in [0.3, 0.4) is 0 Å². The highest BCUT2D eigenvalue weighted by atomic mass is 32.1. The average Bonchev–Trinajstić information content (AvgIpc) is 3.63. The molecule has 1 atom stereocenters. The van der Waals surface area contributed by atoms with E-state index in [9.17, 15) is 9.59 Å². The van der Waals surface area contributed by atoms with E-state index in [-0.39, 0.29) is 17.9 Å². The van der Waals surface area contributed by atoms with Gasteiger partial charge in [0.2, 0.25) is 5.91 Å². The minimum Gasteiger partial charge on any atom is -0.441 e. The van der Waals surface area contributed by atoms with Gasteiger partial charge in [-0.25, -0.2) is 4.98 Å². The van der Waals surface area contributed by atoms with Gasteiger partial charge in [-0.3, -0.25) is 9.59 Å². The molecule has 35 heavy (non-hydrogen) atoms. The number of aryl methyl sites for hydroxylation is 2. The van der Waals surface area contributed by atoms with Crippen LogP contribution in [-0.4, -0.2) is 36.1 Å². The Bertz CT molecular complexity index is 1160. The molecule has 2 aliphatic rings. The van der Waals surface area contributed by atoms with Crippen LogP contribution in [0.15, 0.2) is 40.9 Å². The maximum Gasteiger partial charge on any atom is 0.254 e. The Labute approximate surface area is 209 Å². The highest BCUT2D eigenvalue weighted by Crippen LogP contribution is 2.38. The van der Waals surface area contributed by atoms with Crippen LogP contribution in [0, 0.1) is 0 Å². The van der Waals surface area contributed by atoms with E-state index >= 15 is 0 Å². The van der Waals surface area contributed by atoms with E-state index < -0.39 is 0 Å². The van der Waals surface area contributed by atoms with Crippen LogP contribution in [0.4, 0.5) is 5.00 Å². The maximum atomic E-state index is 13.1. The summed E-state index contributed by atoms with van der Waals surface area (Å²) in [6.45, 7) is 1.27. The molecule has 3 heterocycles. The van der Waals surface area contributed by atoms with Crippen LogP contribution in [0.1, 0.15) is 65.2 Å². The molecule has 0 saturated carbocycles.